The first kappa shape index (κ1) is 26.4. The minimum absolute atomic E-state index is 0.123. The number of carbonyl (C=O) groups is 2. The summed E-state index contributed by atoms with van der Waals surface area (Å²) in [5, 5.41) is 2.73. The lowest BCUT2D eigenvalue weighted by atomic mass is 9.81. The highest BCUT2D eigenvalue weighted by Gasteiger charge is 2.27. The van der Waals surface area contributed by atoms with Crippen LogP contribution < -0.4 is 20.5 Å². The van der Waals surface area contributed by atoms with Crippen molar-refractivity contribution in [2.45, 2.75) is 51.9 Å². The van der Waals surface area contributed by atoms with Crippen LogP contribution in [0.2, 0.25) is 0 Å². The van der Waals surface area contributed by atoms with Gasteiger partial charge in [0.2, 0.25) is 11.7 Å². The number of hydrogen-bond acceptors (Lipinski definition) is 4. The van der Waals surface area contributed by atoms with Gasteiger partial charge in [0.15, 0.2) is 11.6 Å². The molecule has 1 aliphatic rings. The molecule has 1 fully saturated rings. The monoisotopic (exact) mass is 488 g/mol. The summed E-state index contributed by atoms with van der Waals surface area (Å²) >= 11 is 0. The van der Waals surface area contributed by atoms with E-state index in [0.717, 1.165) is 24.2 Å². The molecule has 8 heteroatoms. The molecule has 0 aliphatic heterocycles. The number of benzene rings is 2. The number of carbonyl (C=O) groups excluding carboxylic acids is 2. The molecule has 0 heterocycles. The molecule has 2 amide bonds. The van der Waals surface area contributed by atoms with Gasteiger partial charge in [0.05, 0.1) is 19.3 Å². The Kier molecular flexibility index (Phi) is 9.46. The number of primary amides is 1. The molecule has 0 bridgehead atoms. The van der Waals surface area contributed by atoms with E-state index in [9.17, 15) is 14.0 Å². The number of halogens is 2. The summed E-state index contributed by atoms with van der Waals surface area (Å²) in [4.78, 5) is 24.0. The molecule has 0 atom stereocenters. The molecular formula is C27H34F2N2O4. The van der Waals surface area contributed by atoms with Crippen LogP contribution in [0.3, 0.4) is 0 Å². The fourth-order valence-electron chi connectivity index (χ4n) is 4.48. The quantitative estimate of drug-likeness (QED) is 0.485. The molecule has 190 valence electrons. The maximum absolute atomic E-state index is 15.0. The zero-order valence-corrected chi connectivity index (χ0v) is 20.4. The van der Waals surface area contributed by atoms with Gasteiger partial charge in [-0.2, -0.15) is 4.39 Å². The Balaban J connectivity index is 1.64. The van der Waals surface area contributed by atoms with Gasteiger partial charge in [0.1, 0.15) is 5.75 Å². The van der Waals surface area contributed by atoms with Crippen LogP contribution in [-0.2, 0) is 17.6 Å². The van der Waals surface area contributed by atoms with Gasteiger partial charge in [-0.3, -0.25) is 9.59 Å². The van der Waals surface area contributed by atoms with Gasteiger partial charge in [0, 0.05) is 18.9 Å². The Morgan fingerprint density at radius 1 is 1.06 bits per heavy atom. The number of aryl methyl sites for hydroxylation is 1. The molecule has 6 nitrogen and oxygen atoms in total. The zero-order valence-electron chi connectivity index (χ0n) is 20.4. The topological polar surface area (TPSA) is 90.7 Å². The van der Waals surface area contributed by atoms with Gasteiger partial charge in [-0.15, -0.1) is 0 Å². The number of nitrogens with two attached hydrogens (primary N) is 1. The molecule has 2 aromatic rings. The van der Waals surface area contributed by atoms with Crippen LogP contribution in [0.15, 0.2) is 30.3 Å². The smallest absolute Gasteiger partial charge is 0.254 e. The maximum atomic E-state index is 15.0. The predicted octanol–water partition coefficient (Wildman–Crippen LogP) is 4.57. The Morgan fingerprint density at radius 3 is 2.34 bits per heavy atom. The van der Waals surface area contributed by atoms with Crippen LogP contribution in [0.4, 0.5) is 8.78 Å². The predicted molar refractivity (Wildman–Crippen MR) is 130 cm³/mol. The van der Waals surface area contributed by atoms with Gasteiger partial charge in [-0.25, -0.2) is 4.39 Å². The number of rotatable bonds is 11. The van der Waals surface area contributed by atoms with E-state index in [4.69, 9.17) is 15.2 Å². The third-order valence-electron chi connectivity index (χ3n) is 6.60. The molecular weight excluding hydrogens is 454 g/mol. The fourth-order valence-corrected chi connectivity index (χ4v) is 4.48. The zero-order chi connectivity index (χ0) is 25.4. The molecule has 0 unspecified atom stereocenters. The summed E-state index contributed by atoms with van der Waals surface area (Å²) < 4.78 is 40.7. The second-order valence-corrected chi connectivity index (χ2v) is 9.07. The van der Waals surface area contributed by atoms with E-state index >= 15 is 4.39 Å². The molecule has 2 aromatic carbocycles. The summed E-state index contributed by atoms with van der Waals surface area (Å²) in [5.74, 6) is -2.64. The SMILES string of the molecule is CCCc1cc(C(=O)NC[C@H]2CC[C@H](C(N)=O)CC2)c(F)c(F)c1OCCc1ccc(OC)cc1. The fraction of sp³-hybridized carbons (Fsp3) is 0.481. The first-order chi connectivity index (χ1) is 16.8. The summed E-state index contributed by atoms with van der Waals surface area (Å²) in [6.45, 7) is 2.43. The van der Waals surface area contributed by atoms with E-state index in [1.807, 2.05) is 31.2 Å². The highest BCUT2D eigenvalue weighted by molar-refractivity contribution is 5.95. The summed E-state index contributed by atoms with van der Waals surface area (Å²) in [7, 11) is 1.59. The van der Waals surface area contributed by atoms with Crippen molar-refractivity contribution >= 4 is 11.8 Å². The van der Waals surface area contributed by atoms with Gasteiger partial charge in [-0.1, -0.05) is 25.5 Å². The normalized spacial score (nSPS) is 17.6. The minimum Gasteiger partial charge on any atom is -0.497 e. The summed E-state index contributed by atoms with van der Waals surface area (Å²) in [5.41, 5.74) is 6.48. The first-order valence-corrected chi connectivity index (χ1v) is 12.2. The van der Waals surface area contributed by atoms with E-state index in [1.54, 1.807) is 7.11 Å². The van der Waals surface area contributed by atoms with E-state index in [2.05, 4.69) is 5.32 Å². The molecule has 0 saturated heterocycles. The van der Waals surface area contributed by atoms with Crippen LogP contribution in [0.25, 0.3) is 0 Å². The van der Waals surface area contributed by atoms with Gasteiger partial charge >= 0.3 is 0 Å². The number of nitrogens with one attached hydrogen (secondary N) is 1. The van der Waals surface area contributed by atoms with Crippen molar-refractivity contribution < 1.29 is 27.8 Å². The Labute approximate surface area is 205 Å². The second-order valence-electron chi connectivity index (χ2n) is 9.07. The van der Waals surface area contributed by atoms with E-state index < -0.39 is 17.5 Å². The van der Waals surface area contributed by atoms with E-state index in [-0.39, 0.29) is 35.7 Å². The second kappa shape index (κ2) is 12.5. The van der Waals surface area contributed by atoms with Gasteiger partial charge < -0.3 is 20.5 Å². The molecule has 3 N–H and O–H groups in total. The maximum Gasteiger partial charge on any atom is 0.254 e. The van der Waals surface area contributed by atoms with Crippen molar-refractivity contribution in [3.63, 3.8) is 0 Å². The lowest BCUT2D eigenvalue weighted by molar-refractivity contribution is -0.122. The lowest BCUT2D eigenvalue weighted by Gasteiger charge is -2.26. The first-order valence-electron chi connectivity index (χ1n) is 12.2. The standard InChI is InChI=1S/C27H34F2N2O4/c1-3-4-20-15-22(27(33)31-16-18-5-9-19(10-6-18)26(30)32)23(28)24(29)25(20)35-14-13-17-7-11-21(34-2)12-8-17/h7-8,11-12,15,18-19H,3-6,9-10,13-14,16H2,1-2H3,(H2,30,32)(H,31,33)/t18-,19-. The van der Waals surface area contributed by atoms with Crippen LogP contribution in [0.1, 0.15) is 60.5 Å². The minimum atomic E-state index is -1.21. The van der Waals surface area contributed by atoms with Gasteiger partial charge in [0.25, 0.3) is 5.91 Å². The Bertz CT molecular complexity index is 1020. The summed E-state index contributed by atoms with van der Waals surface area (Å²) in [6.07, 6.45) is 4.52. The molecule has 35 heavy (non-hydrogen) atoms. The molecule has 1 aliphatic carbocycles. The van der Waals surface area contributed by atoms with Crippen molar-refractivity contribution in [2.75, 3.05) is 20.3 Å². The van der Waals surface area contributed by atoms with Crippen LogP contribution in [0, 0.1) is 23.5 Å². The Morgan fingerprint density at radius 2 is 1.74 bits per heavy atom. The molecule has 0 spiro atoms. The average molecular weight is 489 g/mol. The molecule has 0 aromatic heterocycles. The largest absolute Gasteiger partial charge is 0.497 e. The van der Waals surface area contributed by atoms with Crippen LogP contribution >= 0.6 is 0 Å². The molecule has 0 radical (unpaired) electrons. The van der Waals surface area contributed by atoms with Crippen molar-refractivity contribution in [1.82, 2.24) is 5.32 Å². The molecule has 3 rings (SSSR count). The number of amides is 2. The average Bonchev–Trinajstić information content (AvgIpc) is 2.87. The van der Waals surface area contributed by atoms with Crippen molar-refractivity contribution in [3.8, 4) is 11.5 Å². The summed E-state index contributed by atoms with van der Waals surface area (Å²) in [6, 6.07) is 8.83. The third kappa shape index (κ3) is 6.93. The highest BCUT2D eigenvalue weighted by atomic mass is 19.2. The van der Waals surface area contributed by atoms with Crippen molar-refractivity contribution in [2.24, 2.45) is 17.6 Å². The number of hydrogen-bond donors (Lipinski definition) is 2. The highest BCUT2D eigenvalue weighted by Crippen LogP contribution is 2.31. The van der Waals surface area contributed by atoms with Crippen LogP contribution in [0.5, 0.6) is 11.5 Å². The van der Waals surface area contributed by atoms with E-state index in [1.165, 1.54) is 6.07 Å². The third-order valence-corrected chi connectivity index (χ3v) is 6.60. The molecule has 1 saturated carbocycles. The lowest BCUT2D eigenvalue weighted by Crippen LogP contribution is -2.34. The van der Waals surface area contributed by atoms with Crippen LogP contribution in [-0.4, -0.2) is 32.1 Å². The van der Waals surface area contributed by atoms with E-state index in [0.29, 0.717) is 44.2 Å². The Hall–Kier alpha value is -3.16. The van der Waals surface area contributed by atoms with Crippen molar-refractivity contribution in [1.29, 1.82) is 0 Å². The van der Waals surface area contributed by atoms with Gasteiger partial charge in [-0.05, 0) is 67.3 Å². The number of ether oxygens (including phenoxy) is 2. The van der Waals surface area contributed by atoms with Crippen molar-refractivity contribution in [3.05, 3.63) is 58.7 Å². The number of methoxy groups -OCH3 is 1.